The number of rotatable bonds is 6. The van der Waals surface area contributed by atoms with Gasteiger partial charge in [-0.25, -0.2) is 0 Å². The molecule has 0 saturated carbocycles. The van der Waals surface area contributed by atoms with Crippen LogP contribution in [0.15, 0.2) is 0 Å². The van der Waals surface area contributed by atoms with E-state index in [1.165, 1.54) is 0 Å². The summed E-state index contributed by atoms with van der Waals surface area (Å²) in [5.41, 5.74) is 0. The third kappa shape index (κ3) is 6.41. The van der Waals surface area contributed by atoms with E-state index in [0.29, 0.717) is 25.7 Å². The number of nitro groups is 1. The van der Waals surface area contributed by atoms with Crippen LogP contribution in [0.1, 0.15) is 39.5 Å². The standard InChI is InChI=1S/C8H15NO3.Ca/c1-3-5-7(9(11)12)8(10)6-4-2;/h7H,3-6H2,1-2H3;/q;+2. The second kappa shape index (κ2) is 8.91. The number of nitrogens with zero attached hydrogens (tertiary/aromatic N) is 1. The molecule has 4 nitrogen and oxygen atoms in total. The van der Waals surface area contributed by atoms with Crippen molar-refractivity contribution >= 4 is 43.5 Å². The Morgan fingerprint density at radius 1 is 1.38 bits per heavy atom. The molecule has 13 heavy (non-hydrogen) atoms. The van der Waals surface area contributed by atoms with Crippen LogP contribution in [0.2, 0.25) is 0 Å². The largest absolute Gasteiger partial charge is 2.00 e. The zero-order chi connectivity index (χ0) is 9.56. The van der Waals surface area contributed by atoms with Gasteiger partial charge in [0, 0.05) is 17.8 Å². The van der Waals surface area contributed by atoms with Gasteiger partial charge in [0.2, 0.25) is 5.78 Å². The predicted octanol–water partition coefficient (Wildman–Crippen LogP) is 1.42. The van der Waals surface area contributed by atoms with Crippen LogP contribution in [0.25, 0.3) is 0 Å². The smallest absolute Gasteiger partial charge is 0.292 e. The average Bonchev–Trinajstić information content (AvgIpc) is 1.99. The van der Waals surface area contributed by atoms with E-state index in [1.54, 1.807) is 0 Å². The molecule has 70 valence electrons. The van der Waals surface area contributed by atoms with Crippen LogP contribution in [-0.2, 0) is 4.79 Å². The summed E-state index contributed by atoms with van der Waals surface area (Å²) < 4.78 is 0. The van der Waals surface area contributed by atoms with Crippen molar-refractivity contribution < 1.29 is 9.72 Å². The van der Waals surface area contributed by atoms with E-state index >= 15 is 0 Å². The molecule has 5 heteroatoms. The van der Waals surface area contributed by atoms with Gasteiger partial charge < -0.3 is 0 Å². The third-order valence-electron chi connectivity index (χ3n) is 1.68. The molecule has 0 heterocycles. The van der Waals surface area contributed by atoms with Crippen molar-refractivity contribution in [3.63, 3.8) is 0 Å². The molecule has 0 radical (unpaired) electrons. The Hall–Kier alpha value is 0.330. The van der Waals surface area contributed by atoms with Gasteiger partial charge in [-0.15, -0.1) is 0 Å². The van der Waals surface area contributed by atoms with Gasteiger partial charge in [0.05, 0.1) is 0 Å². The second-order valence-electron chi connectivity index (χ2n) is 2.81. The number of hydrogen-bond acceptors (Lipinski definition) is 3. The number of Topliss-reactive ketones (excluding diaryl/α,β-unsaturated/α-hetero) is 1. The molecule has 0 spiro atoms. The minimum atomic E-state index is -0.963. The normalized spacial score (nSPS) is 11.5. The van der Waals surface area contributed by atoms with Gasteiger partial charge in [-0.2, -0.15) is 0 Å². The first-order valence-corrected chi connectivity index (χ1v) is 4.29. The van der Waals surface area contributed by atoms with Crippen LogP contribution < -0.4 is 0 Å². The third-order valence-corrected chi connectivity index (χ3v) is 1.68. The Labute approximate surface area is 108 Å². The molecule has 0 aliphatic rings. The van der Waals surface area contributed by atoms with Gasteiger partial charge in [-0.1, -0.05) is 13.8 Å². The molecule has 0 saturated heterocycles. The van der Waals surface area contributed by atoms with Crippen molar-refractivity contribution in [1.29, 1.82) is 0 Å². The molecule has 0 aromatic heterocycles. The first kappa shape index (κ1) is 15.8. The topological polar surface area (TPSA) is 60.2 Å². The van der Waals surface area contributed by atoms with Crippen molar-refractivity contribution in [3.8, 4) is 0 Å². The molecule has 0 bridgehead atoms. The SMILES string of the molecule is CCCC(=O)C(CCC)[N+](=O)[O-].[Ca+2]. The summed E-state index contributed by atoms with van der Waals surface area (Å²) in [6, 6.07) is -0.963. The first-order valence-electron chi connectivity index (χ1n) is 4.29. The zero-order valence-corrected chi connectivity index (χ0v) is 10.5. The fourth-order valence-corrected chi connectivity index (χ4v) is 1.07. The Morgan fingerprint density at radius 3 is 2.23 bits per heavy atom. The zero-order valence-electron chi connectivity index (χ0n) is 8.28. The summed E-state index contributed by atoms with van der Waals surface area (Å²) in [4.78, 5) is 21.1. The summed E-state index contributed by atoms with van der Waals surface area (Å²) in [7, 11) is 0. The number of hydrogen-bond donors (Lipinski definition) is 0. The van der Waals surface area contributed by atoms with E-state index in [4.69, 9.17) is 0 Å². The summed E-state index contributed by atoms with van der Waals surface area (Å²) >= 11 is 0. The molecule has 0 amide bonds. The Bertz CT molecular complexity index is 173. The Kier molecular flexibility index (Phi) is 10.8. The fraction of sp³-hybridized carbons (Fsp3) is 0.875. The van der Waals surface area contributed by atoms with Gasteiger partial charge in [-0.3, -0.25) is 14.9 Å². The number of carbonyl (C=O) groups excluding carboxylic acids is 1. The van der Waals surface area contributed by atoms with Crippen LogP contribution >= 0.6 is 0 Å². The van der Waals surface area contributed by atoms with Crippen molar-refractivity contribution in [2.45, 2.75) is 45.6 Å². The molecule has 0 aromatic rings. The average molecular weight is 213 g/mol. The summed E-state index contributed by atoms with van der Waals surface area (Å²) in [5, 5.41) is 10.4. The van der Waals surface area contributed by atoms with Crippen molar-refractivity contribution in [2.75, 3.05) is 0 Å². The predicted molar refractivity (Wildman–Crippen MR) is 51.4 cm³/mol. The summed E-state index contributed by atoms with van der Waals surface area (Å²) in [6.45, 7) is 3.69. The molecule has 0 aliphatic carbocycles. The van der Waals surface area contributed by atoms with Crippen molar-refractivity contribution in [1.82, 2.24) is 0 Å². The van der Waals surface area contributed by atoms with Gasteiger partial charge >= 0.3 is 37.7 Å². The summed E-state index contributed by atoms with van der Waals surface area (Å²) in [5.74, 6) is -0.232. The van der Waals surface area contributed by atoms with E-state index in [-0.39, 0.29) is 43.5 Å². The molecule has 0 N–H and O–H groups in total. The Balaban J connectivity index is 0. The molecule has 1 unspecified atom stereocenters. The quantitative estimate of drug-likeness (QED) is 0.381. The maximum atomic E-state index is 11.1. The minimum absolute atomic E-state index is 0. The van der Waals surface area contributed by atoms with Gasteiger partial charge in [0.1, 0.15) is 0 Å². The van der Waals surface area contributed by atoms with E-state index in [0.717, 1.165) is 0 Å². The molecule has 1 atom stereocenters. The molecular formula is C8H15CaNO3+2. The molecule has 0 fully saturated rings. The van der Waals surface area contributed by atoms with E-state index in [9.17, 15) is 14.9 Å². The molecular weight excluding hydrogens is 198 g/mol. The van der Waals surface area contributed by atoms with Crippen LogP contribution in [0.3, 0.4) is 0 Å². The van der Waals surface area contributed by atoms with Gasteiger partial charge in [-0.05, 0) is 12.8 Å². The second-order valence-corrected chi connectivity index (χ2v) is 2.81. The monoisotopic (exact) mass is 213 g/mol. The molecule has 0 aromatic carbocycles. The number of ketones is 1. The maximum absolute atomic E-state index is 11.1. The number of carbonyl (C=O) groups is 1. The van der Waals surface area contributed by atoms with Crippen LogP contribution in [0.4, 0.5) is 0 Å². The van der Waals surface area contributed by atoms with E-state index in [1.807, 2.05) is 13.8 Å². The van der Waals surface area contributed by atoms with Crippen LogP contribution in [-0.4, -0.2) is 54.5 Å². The van der Waals surface area contributed by atoms with Crippen molar-refractivity contribution in [3.05, 3.63) is 10.1 Å². The van der Waals surface area contributed by atoms with Gasteiger partial charge in [0.25, 0.3) is 6.04 Å². The van der Waals surface area contributed by atoms with Crippen LogP contribution in [0.5, 0.6) is 0 Å². The Morgan fingerprint density at radius 2 is 1.92 bits per heavy atom. The fourth-order valence-electron chi connectivity index (χ4n) is 1.07. The van der Waals surface area contributed by atoms with E-state index in [2.05, 4.69) is 0 Å². The van der Waals surface area contributed by atoms with Crippen molar-refractivity contribution in [2.24, 2.45) is 0 Å². The van der Waals surface area contributed by atoms with Crippen LogP contribution in [0, 0.1) is 10.1 Å². The first-order chi connectivity index (χ1) is 5.63. The molecule has 0 rings (SSSR count). The van der Waals surface area contributed by atoms with Gasteiger partial charge in [0.15, 0.2) is 0 Å². The maximum Gasteiger partial charge on any atom is 2.00 e. The summed E-state index contributed by atoms with van der Waals surface area (Å²) in [6.07, 6.45) is 2.06. The van der Waals surface area contributed by atoms with E-state index < -0.39 is 11.0 Å². The molecule has 0 aliphatic heterocycles. The minimum Gasteiger partial charge on any atom is -0.292 e.